The average molecular weight is 421 g/mol. The summed E-state index contributed by atoms with van der Waals surface area (Å²) in [6.45, 7) is 4.57. The Balaban J connectivity index is 1.55. The van der Waals surface area contributed by atoms with Crippen molar-refractivity contribution in [1.29, 1.82) is 0 Å². The van der Waals surface area contributed by atoms with Gasteiger partial charge in [0.15, 0.2) is 0 Å². The molecule has 0 unspecified atom stereocenters. The van der Waals surface area contributed by atoms with E-state index in [1.165, 1.54) is 24.4 Å². The van der Waals surface area contributed by atoms with Crippen molar-refractivity contribution in [1.82, 2.24) is 14.7 Å². The van der Waals surface area contributed by atoms with Crippen LogP contribution in [0.2, 0.25) is 0 Å². The number of alkyl halides is 3. The van der Waals surface area contributed by atoms with Crippen molar-refractivity contribution in [2.24, 2.45) is 5.92 Å². The zero-order valence-corrected chi connectivity index (χ0v) is 17.2. The lowest BCUT2D eigenvalue weighted by atomic mass is 9.96. The first-order valence-corrected chi connectivity index (χ1v) is 10.4. The molecule has 8 heteroatoms. The Hall–Kier alpha value is -2.35. The molecule has 1 atom stereocenters. The average Bonchev–Trinajstić information content (AvgIpc) is 3.52. The largest absolute Gasteiger partial charge is 0.447 e. The maximum Gasteiger partial charge on any atom is 0.429 e. The van der Waals surface area contributed by atoms with Gasteiger partial charge in [0.05, 0.1) is 17.3 Å². The molecule has 0 radical (unpaired) electrons. The number of benzene rings is 1. The van der Waals surface area contributed by atoms with Crippen LogP contribution in [0.15, 0.2) is 30.3 Å². The highest BCUT2D eigenvalue weighted by Crippen LogP contribution is 2.40. The summed E-state index contributed by atoms with van der Waals surface area (Å²) in [6, 6.07) is 9.54. The quantitative estimate of drug-likeness (QED) is 0.667. The molecule has 30 heavy (non-hydrogen) atoms. The number of carbonyl (C=O) groups is 1. The maximum absolute atomic E-state index is 14.0. The molecule has 0 N–H and O–H groups in total. The summed E-state index contributed by atoms with van der Waals surface area (Å²) in [7, 11) is 0. The molecule has 5 nitrogen and oxygen atoms in total. The Morgan fingerprint density at radius 2 is 1.73 bits per heavy atom. The summed E-state index contributed by atoms with van der Waals surface area (Å²) < 4.78 is 48.5. The van der Waals surface area contributed by atoms with Crippen LogP contribution in [0.5, 0.6) is 0 Å². The van der Waals surface area contributed by atoms with Crippen molar-refractivity contribution < 1.29 is 22.7 Å². The molecule has 1 aliphatic heterocycles. The van der Waals surface area contributed by atoms with E-state index in [2.05, 4.69) is 10.00 Å². The highest BCUT2D eigenvalue weighted by atomic mass is 19.4. The minimum absolute atomic E-state index is 0.0879. The summed E-state index contributed by atoms with van der Waals surface area (Å²) in [5.41, 5.74) is 1.09. The van der Waals surface area contributed by atoms with Crippen LogP contribution in [0.4, 0.5) is 13.2 Å². The normalized spacial score (nSPS) is 19.6. The highest BCUT2D eigenvalue weighted by molar-refractivity contribution is 5.73. The number of likely N-dealkylation sites (tertiary alicyclic amines) is 1. The third-order valence-corrected chi connectivity index (χ3v) is 6.07. The highest BCUT2D eigenvalue weighted by Gasteiger charge is 2.48. The fraction of sp³-hybridized carbons (Fsp3) is 0.545. The number of rotatable bonds is 5. The van der Waals surface area contributed by atoms with Crippen LogP contribution in [0.1, 0.15) is 48.7 Å². The van der Waals surface area contributed by atoms with Crippen molar-refractivity contribution in [3.8, 4) is 5.69 Å². The molecular weight excluding hydrogens is 395 g/mol. The molecule has 1 aliphatic carbocycles. The van der Waals surface area contributed by atoms with Crippen molar-refractivity contribution >= 4 is 5.97 Å². The summed E-state index contributed by atoms with van der Waals surface area (Å²) in [6.07, 6.45) is -3.60. The minimum Gasteiger partial charge on any atom is -0.447 e. The number of aromatic nitrogens is 2. The van der Waals surface area contributed by atoms with E-state index in [0.717, 1.165) is 13.1 Å². The van der Waals surface area contributed by atoms with Gasteiger partial charge in [-0.05, 0) is 64.8 Å². The zero-order valence-electron chi connectivity index (χ0n) is 17.2. The number of hydrogen-bond donors (Lipinski definition) is 0. The Morgan fingerprint density at radius 3 is 2.30 bits per heavy atom. The van der Waals surface area contributed by atoms with Crippen LogP contribution in [-0.4, -0.2) is 46.0 Å². The predicted octanol–water partition coefficient (Wildman–Crippen LogP) is 4.51. The van der Waals surface area contributed by atoms with Crippen LogP contribution in [0.25, 0.3) is 5.69 Å². The van der Waals surface area contributed by atoms with Crippen LogP contribution in [0, 0.1) is 19.8 Å². The van der Waals surface area contributed by atoms with Gasteiger partial charge in [-0.3, -0.25) is 4.79 Å². The zero-order chi connectivity index (χ0) is 21.5. The second-order valence-corrected chi connectivity index (χ2v) is 8.23. The van der Waals surface area contributed by atoms with E-state index in [1.54, 1.807) is 31.2 Å². The van der Waals surface area contributed by atoms with E-state index in [-0.39, 0.29) is 11.3 Å². The number of ether oxygens (including phenoxy) is 1. The van der Waals surface area contributed by atoms with Gasteiger partial charge in [0, 0.05) is 17.3 Å². The number of piperidine rings is 1. The lowest BCUT2D eigenvalue weighted by Gasteiger charge is -2.32. The molecule has 162 valence electrons. The number of esters is 1. The van der Waals surface area contributed by atoms with Crippen LogP contribution >= 0.6 is 0 Å². The number of para-hydroxylation sites is 1. The van der Waals surface area contributed by atoms with Crippen molar-refractivity contribution in [3.05, 3.63) is 47.3 Å². The molecule has 2 aliphatic rings. The van der Waals surface area contributed by atoms with E-state index in [0.29, 0.717) is 30.3 Å². The van der Waals surface area contributed by atoms with Crippen molar-refractivity contribution in [2.45, 2.75) is 57.9 Å². The van der Waals surface area contributed by atoms with Crippen molar-refractivity contribution in [3.63, 3.8) is 0 Å². The lowest BCUT2D eigenvalue weighted by molar-refractivity contribution is -0.227. The van der Waals surface area contributed by atoms with Crippen molar-refractivity contribution in [2.75, 3.05) is 13.1 Å². The summed E-state index contributed by atoms with van der Waals surface area (Å²) in [5.74, 6) is -1.26. The van der Waals surface area contributed by atoms with Gasteiger partial charge in [-0.2, -0.15) is 18.3 Å². The molecule has 1 saturated heterocycles. The number of nitrogens with zero attached hydrogens (tertiary/aromatic N) is 3. The number of aryl methyl sites for hydroxylation is 1. The predicted molar refractivity (Wildman–Crippen MR) is 105 cm³/mol. The van der Waals surface area contributed by atoms with Gasteiger partial charge in [0.2, 0.25) is 6.10 Å². The van der Waals surface area contributed by atoms with Gasteiger partial charge in [-0.25, -0.2) is 4.68 Å². The first kappa shape index (κ1) is 20.9. The minimum atomic E-state index is -4.72. The summed E-state index contributed by atoms with van der Waals surface area (Å²) >= 11 is 0. The van der Waals surface area contributed by atoms with Gasteiger partial charge >= 0.3 is 12.1 Å². The Bertz CT molecular complexity index is 898. The van der Waals surface area contributed by atoms with E-state index < -0.39 is 24.2 Å². The first-order valence-electron chi connectivity index (χ1n) is 10.4. The lowest BCUT2D eigenvalue weighted by Crippen LogP contribution is -2.39. The van der Waals surface area contributed by atoms with E-state index >= 15 is 0 Å². The molecule has 1 saturated carbocycles. The van der Waals surface area contributed by atoms with E-state index in [1.807, 2.05) is 6.07 Å². The number of halogens is 3. The fourth-order valence-electron chi connectivity index (χ4n) is 4.30. The molecule has 2 fully saturated rings. The van der Waals surface area contributed by atoms with Crippen LogP contribution in [0.3, 0.4) is 0 Å². The molecule has 0 amide bonds. The van der Waals surface area contributed by atoms with Crippen LogP contribution < -0.4 is 0 Å². The Morgan fingerprint density at radius 1 is 1.10 bits per heavy atom. The molecule has 1 aromatic carbocycles. The molecular formula is C22H26F3N3O2. The molecule has 0 spiro atoms. The van der Waals surface area contributed by atoms with E-state index in [4.69, 9.17) is 4.74 Å². The first-order chi connectivity index (χ1) is 14.3. The topological polar surface area (TPSA) is 47.4 Å². The number of hydrogen-bond acceptors (Lipinski definition) is 4. The monoisotopic (exact) mass is 421 g/mol. The molecule has 2 aromatic rings. The second kappa shape index (κ2) is 8.06. The number of carbonyl (C=O) groups excluding carboxylic acids is 1. The summed E-state index contributed by atoms with van der Waals surface area (Å²) in [5, 5.41) is 4.29. The third kappa shape index (κ3) is 4.24. The smallest absolute Gasteiger partial charge is 0.429 e. The van der Waals surface area contributed by atoms with Crippen LogP contribution in [-0.2, 0) is 9.53 Å². The molecule has 1 aromatic heterocycles. The third-order valence-electron chi connectivity index (χ3n) is 6.07. The molecule has 2 heterocycles. The Kier molecular flexibility index (Phi) is 5.61. The molecule has 0 bridgehead atoms. The van der Waals surface area contributed by atoms with Gasteiger partial charge in [-0.15, -0.1) is 0 Å². The SMILES string of the molecule is Cc1nn(-c2ccccc2)c(C)c1[C@@H](OC(=O)C1CCN(C2CC2)CC1)C(F)(F)F. The standard InChI is InChI=1S/C22H26F3N3O2/c1-14-19(15(2)28(26-14)18-6-4-3-5-7-18)20(22(23,24)25)30-21(29)16-10-12-27(13-11-16)17-8-9-17/h3-7,16-17,20H,8-13H2,1-2H3/t20-/m1/s1. The Labute approximate surface area is 173 Å². The summed E-state index contributed by atoms with van der Waals surface area (Å²) in [4.78, 5) is 15.0. The van der Waals surface area contributed by atoms with Gasteiger partial charge in [0.1, 0.15) is 0 Å². The van der Waals surface area contributed by atoms with Gasteiger partial charge in [-0.1, -0.05) is 18.2 Å². The maximum atomic E-state index is 14.0. The van der Waals surface area contributed by atoms with Gasteiger partial charge < -0.3 is 9.64 Å². The van der Waals surface area contributed by atoms with E-state index in [9.17, 15) is 18.0 Å². The van der Waals surface area contributed by atoms with Gasteiger partial charge in [0.25, 0.3) is 0 Å². The fourth-order valence-corrected chi connectivity index (χ4v) is 4.30. The molecule has 4 rings (SSSR count). The second-order valence-electron chi connectivity index (χ2n) is 8.23.